The number of carbonyl (C=O) groups is 2. The molecule has 1 N–H and O–H groups in total. The lowest BCUT2D eigenvalue weighted by atomic mass is 10.2. The predicted molar refractivity (Wildman–Crippen MR) is 60.4 cm³/mol. The van der Waals surface area contributed by atoms with E-state index in [1.54, 1.807) is 18.2 Å². The van der Waals surface area contributed by atoms with Gasteiger partial charge in [0, 0.05) is 18.5 Å². The number of benzene rings is 1. The molecule has 0 bridgehead atoms. The second-order valence-electron chi connectivity index (χ2n) is 3.43. The van der Waals surface area contributed by atoms with E-state index in [0.717, 1.165) is 0 Å². The summed E-state index contributed by atoms with van der Waals surface area (Å²) in [6.07, 6.45) is 0.109. The molecule has 90 valence electrons. The molecule has 6 heteroatoms. The van der Waals surface area contributed by atoms with Gasteiger partial charge in [-0.15, -0.1) is 0 Å². The second-order valence-corrected chi connectivity index (χ2v) is 3.85. The fourth-order valence-electron chi connectivity index (χ4n) is 1.41. The van der Waals surface area contributed by atoms with E-state index >= 15 is 0 Å². The van der Waals surface area contributed by atoms with Crippen LogP contribution in [0.1, 0.15) is 16.8 Å². The molecule has 1 aliphatic rings. The van der Waals surface area contributed by atoms with Gasteiger partial charge in [-0.25, -0.2) is 0 Å². The molecule has 17 heavy (non-hydrogen) atoms. The Labute approximate surface area is 103 Å². The highest BCUT2D eigenvalue weighted by atomic mass is 35.5. The minimum atomic E-state index is -0.476. The number of halogens is 1. The fourth-order valence-corrected chi connectivity index (χ4v) is 1.51. The van der Waals surface area contributed by atoms with Gasteiger partial charge < -0.3 is 14.8 Å². The summed E-state index contributed by atoms with van der Waals surface area (Å²) < 4.78 is 10.3. The van der Waals surface area contributed by atoms with E-state index in [9.17, 15) is 9.59 Å². The largest absolute Gasteiger partial charge is 0.454 e. The van der Waals surface area contributed by atoms with Crippen LogP contribution < -0.4 is 14.8 Å². The van der Waals surface area contributed by atoms with Crippen molar-refractivity contribution in [3.63, 3.8) is 0 Å². The zero-order valence-corrected chi connectivity index (χ0v) is 9.62. The summed E-state index contributed by atoms with van der Waals surface area (Å²) in [6, 6.07) is 4.90. The number of hydrogen-bond donors (Lipinski definition) is 1. The number of rotatable bonds is 4. The second kappa shape index (κ2) is 5.05. The molecule has 0 aliphatic carbocycles. The number of ether oxygens (including phenoxy) is 2. The van der Waals surface area contributed by atoms with Gasteiger partial charge in [0.05, 0.1) is 0 Å². The summed E-state index contributed by atoms with van der Waals surface area (Å²) in [7, 11) is 0. The summed E-state index contributed by atoms with van der Waals surface area (Å²) in [4.78, 5) is 22.2. The van der Waals surface area contributed by atoms with Crippen molar-refractivity contribution in [3.05, 3.63) is 23.8 Å². The first-order chi connectivity index (χ1) is 8.16. The summed E-state index contributed by atoms with van der Waals surface area (Å²) in [5, 5.41) is 2.10. The first-order valence-corrected chi connectivity index (χ1v) is 5.41. The molecule has 1 heterocycles. The Kier molecular flexibility index (Phi) is 3.49. The minimum Gasteiger partial charge on any atom is -0.454 e. The molecule has 5 nitrogen and oxygen atoms in total. The van der Waals surface area contributed by atoms with Crippen LogP contribution >= 0.6 is 11.6 Å². The summed E-state index contributed by atoms with van der Waals surface area (Å²) >= 11 is 5.16. The van der Waals surface area contributed by atoms with Gasteiger partial charge in [0.15, 0.2) is 11.5 Å². The van der Waals surface area contributed by atoms with Crippen LogP contribution in [-0.4, -0.2) is 24.5 Å². The monoisotopic (exact) mass is 255 g/mol. The molecule has 1 aliphatic heterocycles. The maximum Gasteiger partial charge on any atom is 0.251 e. The van der Waals surface area contributed by atoms with E-state index < -0.39 is 5.24 Å². The molecule has 1 amide bonds. The van der Waals surface area contributed by atoms with Crippen molar-refractivity contribution < 1.29 is 19.1 Å². The van der Waals surface area contributed by atoms with Crippen molar-refractivity contribution in [1.29, 1.82) is 0 Å². The number of carbonyl (C=O) groups excluding carboxylic acids is 2. The average molecular weight is 256 g/mol. The van der Waals surface area contributed by atoms with Crippen molar-refractivity contribution in [3.8, 4) is 11.5 Å². The zero-order chi connectivity index (χ0) is 12.3. The van der Waals surface area contributed by atoms with Gasteiger partial charge in [0.1, 0.15) is 0 Å². The molecule has 0 aromatic heterocycles. The number of fused-ring (bicyclic) bond motifs is 1. The lowest BCUT2D eigenvalue weighted by molar-refractivity contribution is -0.111. The van der Waals surface area contributed by atoms with Crippen molar-refractivity contribution in [1.82, 2.24) is 5.32 Å². The molecule has 0 saturated carbocycles. The van der Waals surface area contributed by atoms with Crippen LogP contribution in [0.15, 0.2) is 18.2 Å². The van der Waals surface area contributed by atoms with Crippen molar-refractivity contribution >= 4 is 22.8 Å². The highest BCUT2D eigenvalue weighted by Gasteiger charge is 2.15. The van der Waals surface area contributed by atoms with Gasteiger partial charge >= 0.3 is 0 Å². The number of hydrogen-bond acceptors (Lipinski definition) is 4. The molecule has 0 unspecified atom stereocenters. The molecule has 0 atom stereocenters. The van der Waals surface area contributed by atoms with Crippen LogP contribution in [0.4, 0.5) is 0 Å². The minimum absolute atomic E-state index is 0.109. The third kappa shape index (κ3) is 2.88. The average Bonchev–Trinajstić information content (AvgIpc) is 2.75. The van der Waals surface area contributed by atoms with Crippen LogP contribution in [0.3, 0.4) is 0 Å². The molecule has 0 saturated heterocycles. The maximum absolute atomic E-state index is 11.7. The maximum atomic E-state index is 11.7. The van der Waals surface area contributed by atoms with Crippen LogP contribution in [0.25, 0.3) is 0 Å². The van der Waals surface area contributed by atoms with Gasteiger partial charge in [-0.3, -0.25) is 9.59 Å². The molecule has 2 rings (SSSR count). The Morgan fingerprint density at radius 1 is 1.29 bits per heavy atom. The van der Waals surface area contributed by atoms with Crippen molar-refractivity contribution in [2.75, 3.05) is 13.3 Å². The van der Waals surface area contributed by atoms with Gasteiger partial charge in [-0.1, -0.05) is 0 Å². The van der Waals surface area contributed by atoms with E-state index in [-0.39, 0.29) is 25.7 Å². The van der Waals surface area contributed by atoms with Crippen LogP contribution in [0.5, 0.6) is 11.5 Å². The van der Waals surface area contributed by atoms with Gasteiger partial charge in [-0.05, 0) is 29.8 Å². The Hall–Kier alpha value is -1.75. The Balaban J connectivity index is 1.97. The van der Waals surface area contributed by atoms with E-state index in [4.69, 9.17) is 21.1 Å². The molecule has 1 aromatic carbocycles. The predicted octanol–water partition coefficient (Wildman–Crippen LogP) is 1.30. The smallest absolute Gasteiger partial charge is 0.251 e. The van der Waals surface area contributed by atoms with E-state index in [1.807, 2.05) is 0 Å². The van der Waals surface area contributed by atoms with Crippen LogP contribution in [0.2, 0.25) is 0 Å². The highest BCUT2D eigenvalue weighted by molar-refractivity contribution is 6.63. The standard InChI is InChI=1S/C11H10ClNO4/c12-10(14)3-4-13-11(15)7-1-2-8-9(5-7)17-6-16-8/h1-2,5H,3-4,6H2,(H,13,15). The molecular weight excluding hydrogens is 246 g/mol. The van der Waals surface area contributed by atoms with Gasteiger partial charge in [0.25, 0.3) is 5.91 Å². The highest BCUT2D eigenvalue weighted by Crippen LogP contribution is 2.32. The Bertz CT molecular complexity index is 461. The number of nitrogens with one attached hydrogen (secondary N) is 1. The molecule has 1 aromatic rings. The lowest BCUT2D eigenvalue weighted by Gasteiger charge is -2.04. The fraction of sp³-hybridized carbons (Fsp3) is 0.273. The third-order valence-electron chi connectivity index (χ3n) is 2.24. The molecule has 0 fully saturated rings. The van der Waals surface area contributed by atoms with Gasteiger partial charge in [-0.2, -0.15) is 0 Å². The Morgan fingerprint density at radius 2 is 2.06 bits per heavy atom. The molecular formula is C11H10ClNO4. The number of amides is 1. The van der Waals surface area contributed by atoms with E-state index in [1.165, 1.54) is 0 Å². The van der Waals surface area contributed by atoms with E-state index in [0.29, 0.717) is 17.1 Å². The van der Waals surface area contributed by atoms with Crippen molar-refractivity contribution in [2.24, 2.45) is 0 Å². The molecule has 0 radical (unpaired) electrons. The Morgan fingerprint density at radius 3 is 2.82 bits per heavy atom. The third-order valence-corrected chi connectivity index (χ3v) is 2.43. The first-order valence-electron chi connectivity index (χ1n) is 5.03. The first kappa shape index (κ1) is 11.7. The van der Waals surface area contributed by atoms with Gasteiger partial charge in [0.2, 0.25) is 12.0 Å². The summed E-state index contributed by atoms with van der Waals surface area (Å²) in [5.74, 6) is 0.893. The van der Waals surface area contributed by atoms with Crippen LogP contribution in [-0.2, 0) is 4.79 Å². The SMILES string of the molecule is O=C(Cl)CCNC(=O)c1ccc2c(c1)OCO2. The van der Waals surface area contributed by atoms with Crippen LogP contribution in [0, 0.1) is 0 Å². The molecule has 0 spiro atoms. The summed E-state index contributed by atoms with van der Waals surface area (Å²) in [6.45, 7) is 0.386. The summed E-state index contributed by atoms with van der Waals surface area (Å²) in [5.41, 5.74) is 0.455. The normalized spacial score (nSPS) is 12.3. The zero-order valence-electron chi connectivity index (χ0n) is 8.86. The lowest BCUT2D eigenvalue weighted by Crippen LogP contribution is -2.25. The van der Waals surface area contributed by atoms with Crippen molar-refractivity contribution in [2.45, 2.75) is 6.42 Å². The quantitative estimate of drug-likeness (QED) is 0.824. The van der Waals surface area contributed by atoms with E-state index in [2.05, 4.69) is 5.32 Å². The topological polar surface area (TPSA) is 64.6 Å².